The summed E-state index contributed by atoms with van der Waals surface area (Å²) >= 11 is 0. The number of nitrogens with two attached hydrogens (primary N) is 1. The first kappa shape index (κ1) is 13.2. The van der Waals surface area contributed by atoms with Gasteiger partial charge in [-0.2, -0.15) is 0 Å². The van der Waals surface area contributed by atoms with Gasteiger partial charge in [-0.3, -0.25) is 4.79 Å². The Morgan fingerprint density at radius 2 is 1.89 bits per heavy atom. The van der Waals surface area contributed by atoms with Gasteiger partial charge in [-0.25, -0.2) is 0 Å². The minimum Gasteiger partial charge on any atom is -0.379 e. The number of benzene rings is 1. The van der Waals surface area contributed by atoms with Crippen LogP contribution < -0.4 is 5.73 Å². The quantitative estimate of drug-likeness (QED) is 0.816. The lowest BCUT2D eigenvalue weighted by atomic mass is 9.84. The van der Waals surface area contributed by atoms with Crippen LogP contribution in [0.25, 0.3) is 0 Å². The topological polar surface area (TPSA) is 52.3 Å². The van der Waals surface area contributed by atoms with Gasteiger partial charge in [0.25, 0.3) is 0 Å². The SMILES string of the molecule is CC(C)(C)c1ccc(C(=O)C2(N)CCOC2)cc1. The molecule has 1 aromatic carbocycles. The monoisotopic (exact) mass is 247 g/mol. The largest absolute Gasteiger partial charge is 0.379 e. The zero-order chi connectivity index (χ0) is 13.4. The Balaban J connectivity index is 2.22. The summed E-state index contributed by atoms with van der Waals surface area (Å²) in [6.45, 7) is 7.35. The average molecular weight is 247 g/mol. The van der Waals surface area contributed by atoms with Crippen molar-refractivity contribution in [3.63, 3.8) is 0 Å². The Morgan fingerprint density at radius 1 is 1.28 bits per heavy atom. The van der Waals surface area contributed by atoms with E-state index in [9.17, 15) is 4.79 Å². The van der Waals surface area contributed by atoms with Gasteiger partial charge in [0.1, 0.15) is 5.54 Å². The highest BCUT2D eigenvalue weighted by molar-refractivity contribution is 6.03. The van der Waals surface area contributed by atoms with Crippen molar-refractivity contribution < 1.29 is 9.53 Å². The minimum absolute atomic E-state index is 0.0135. The Morgan fingerprint density at radius 3 is 2.33 bits per heavy atom. The summed E-state index contributed by atoms with van der Waals surface area (Å²) in [5.74, 6) is -0.0135. The van der Waals surface area contributed by atoms with Crippen molar-refractivity contribution in [2.75, 3.05) is 13.2 Å². The molecule has 1 fully saturated rings. The van der Waals surface area contributed by atoms with Crippen molar-refractivity contribution in [3.8, 4) is 0 Å². The van der Waals surface area contributed by atoms with Crippen LogP contribution in [-0.4, -0.2) is 24.5 Å². The summed E-state index contributed by atoms with van der Waals surface area (Å²) in [5.41, 5.74) is 7.24. The second-order valence-corrected chi connectivity index (χ2v) is 6.12. The molecule has 0 saturated carbocycles. The van der Waals surface area contributed by atoms with Gasteiger partial charge in [-0.1, -0.05) is 45.0 Å². The normalized spacial score (nSPS) is 24.2. The zero-order valence-corrected chi connectivity index (χ0v) is 11.3. The molecule has 0 amide bonds. The molecule has 1 saturated heterocycles. The van der Waals surface area contributed by atoms with E-state index in [1.165, 1.54) is 5.56 Å². The molecule has 3 nitrogen and oxygen atoms in total. The predicted octanol–water partition coefficient (Wildman–Crippen LogP) is 2.28. The van der Waals surface area contributed by atoms with Crippen LogP contribution in [0.1, 0.15) is 43.1 Å². The van der Waals surface area contributed by atoms with Gasteiger partial charge < -0.3 is 10.5 Å². The molecule has 0 bridgehead atoms. The molecule has 1 aliphatic rings. The van der Waals surface area contributed by atoms with Gasteiger partial charge in [0.05, 0.1) is 6.61 Å². The van der Waals surface area contributed by atoms with E-state index < -0.39 is 5.54 Å². The molecule has 0 aromatic heterocycles. The number of rotatable bonds is 2. The zero-order valence-electron chi connectivity index (χ0n) is 11.3. The Bertz CT molecular complexity index is 437. The standard InChI is InChI=1S/C15H21NO2/c1-14(2,3)12-6-4-11(5-7-12)13(17)15(16)8-9-18-10-15/h4-7H,8-10,16H2,1-3H3. The minimum atomic E-state index is -0.830. The summed E-state index contributed by atoms with van der Waals surface area (Å²) in [4.78, 5) is 12.3. The average Bonchev–Trinajstić information content (AvgIpc) is 2.75. The number of Topliss-reactive ketones (excluding diaryl/α,β-unsaturated/α-hetero) is 1. The van der Waals surface area contributed by atoms with E-state index in [4.69, 9.17) is 10.5 Å². The third-order valence-corrected chi connectivity index (χ3v) is 3.52. The van der Waals surface area contributed by atoms with Crippen LogP contribution in [0.15, 0.2) is 24.3 Å². The fraction of sp³-hybridized carbons (Fsp3) is 0.533. The van der Waals surface area contributed by atoms with Crippen molar-refractivity contribution in [1.82, 2.24) is 0 Å². The van der Waals surface area contributed by atoms with E-state index in [-0.39, 0.29) is 11.2 Å². The molecule has 2 rings (SSSR count). The summed E-state index contributed by atoms with van der Waals surface area (Å²) in [5, 5.41) is 0. The van der Waals surface area contributed by atoms with Crippen LogP contribution >= 0.6 is 0 Å². The number of hydrogen-bond donors (Lipinski definition) is 1. The Labute approximate surface area is 108 Å². The van der Waals surface area contributed by atoms with E-state index in [1.807, 2.05) is 24.3 Å². The first-order valence-electron chi connectivity index (χ1n) is 6.35. The van der Waals surface area contributed by atoms with Crippen LogP contribution in [0.3, 0.4) is 0 Å². The van der Waals surface area contributed by atoms with Crippen molar-refractivity contribution in [2.45, 2.75) is 38.1 Å². The molecule has 0 spiro atoms. The molecule has 1 aliphatic heterocycles. The van der Waals surface area contributed by atoms with E-state index in [2.05, 4.69) is 20.8 Å². The molecule has 2 N–H and O–H groups in total. The molecule has 1 unspecified atom stereocenters. The fourth-order valence-corrected chi connectivity index (χ4v) is 2.17. The van der Waals surface area contributed by atoms with Crippen LogP contribution in [-0.2, 0) is 10.2 Å². The van der Waals surface area contributed by atoms with E-state index in [0.29, 0.717) is 25.2 Å². The van der Waals surface area contributed by atoms with Crippen molar-refractivity contribution in [3.05, 3.63) is 35.4 Å². The van der Waals surface area contributed by atoms with E-state index in [1.54, 1.807) is 0 Å². The first-order valence-corrected chi connectivity index (χ1v) is 6.35. The smallest absolute Gasteiger partial charge is 0.185 e. The molecule has 0 radical (unpaired) electrons. The Kier molecular flexibility index (Phi) is 3.30. The van der Waals surface area contributed by atoms with E-state index in [0.717, 1.165) is 0 Å². The van der Waals surface area contributed by atoms with Gasteiger partial charge in [0, 0.05) is 12.2 Å². The second-order valence-electron chi connectivity index (χ2n) is 6.12. The molecule has 98 valence electrons. The number of ether oxygens (including phenoxy) is 1. The molecule has 18 heavy (non-hydrogen) atoms. The van der Waals surface area contributed by atoms with Crippen LogP contribution in [0.5, 0.6) is 0 Å². The molecule has 3 heteroatoms. The highest BCUT2D eigenvalue weighted by Crippen LogP contribution is 2.25. The molecule has 1 heterocycles. The molecule has 0 aliphatic carbocycles. The predicted molar refractivity (Wildman–Crippen MR) is 71.8 cm³/mol. The summed E-state index contributed by atoms with van der Waals surface area (Å²) in [7, 11) is 0. The van der Waals surface area contributed by atoms with Gasteiger partial charge in [0.15, 0.2) is 5.78 Å². The number of ketones is 1. The van der Waals surface area contributed by atoms with Crippen molar-refractivity contribution in [1.29, 1.82) is 0 Å². The summed E-state index contributed by atoms with van der Waals surface area (Å²) in [6, 6.07) is 7.75. The van der Waals surface area contributed by atoms with Crippen LogP contribution in [0.4, 0.5) is 0 Å². The maximum atomic E-state index is 12.3. The third-order valence-electron chi connectivity index (χ3n) is 3.52. The van der Waals surface area contributed by atoms with Crippen molar-refractivity contribution >= 4 is 5.78 Å². The van der Waals surface area contributed by atoms with Gasteiger partial charge in [-0.05, 0) is 17.4 Å². The van der Waals surface area contributed by atoms with Crippen LogP contribution in [0.2, 0.25) is 0 Å². The second kappa shape index (κ2) is 4.48. The van der Waals surface area contributed by atoms with Crippen molar-refractivity contribution in [2.24, 2.45) is 5.73 Å². The third kappa shape index (κ3) is 2.47. The first-order chi connectivity index (χ1) is 8.33. The number of carbonyl (C=O) groups is 1. The van der Waals surface area contributed by atoms with Crippen LogP contribution in [0, 0.1) is 0 Å². The lowest BCUT2D eigenvalue weighted by molar-refractivity contribution is 0.0863. The lowest BCUT2D eigenvalue weighted by Crippen LogP contribution is -2.48. The highest BCUT2D eigenvalue weighted by atomic mass is 16.5. The maximum absolute atomic E-state index is 12.3. The van der Waals surface area contributed by atoms with Gasteiger partial charge >= 0.3 is 0 Å². The van der Waals surface area contributed by atoms with Gasteiger partial charge in [-0.15, -0.1) is 0 Å². The lowest BCUT2D eigenvalue weighted by Gasteiger charge is -2.22. The molecular weight excluding hydrogens is 226 g/mol. The maximum Gasteiger partial charge on any atom is 0.185 e. The van der Waals surface area contributed by atoms with Gasteiger partial charge in [0.2, 0.25) is 0 Å². The Hall–Kier alpha value is -1.19. The number of carbonyl (C=O) groups excluding carboxylic acids is 1. The number of hydrogen-bond acceptors (Lipinski definition) is 3. The highest BCUT2D eigenvalue weighted by Gasteiger charge is 2.38. The van der Waals surface area contributed by atoms with E-state index >= 15 is 0 Å². The molecular formula is C15H21NO2. The fourth-order valence-electron chi connectivity index (χ4n) is 2.17. The summed E-state index contributed by atoms with van der Waals surface area (Å²) in [6.07, 6.45) is 0.604. The molecule has 1 aromatic rings. The molecule has 1 atom stereocenters. The summed E-state index contributed by atoms with van der Waals surface area (Å²) < 4.78 is 5.23.